The van der Waals surface area contributed by atoms with E-state index in [1.54, 1.807) is 48.5 Å². The Morgan fingerprint density at radius 2 is 1.35 bits per heavy atom. The maximum absolute atomic E-state index is 12.5. The van der Waals surface area contributed by atoms with E-state index in [1.165, 1.54) is 11.3 Å². The lowest BCUT2D eigenvalue weighted by Gasteiger charge is -2.08. The molecule has 0 atom stereocenters. The van der Waals surface area contributed by atoms with Crippen molar-refractivity contribution in [3.05, 3.63) is 71.6 Å². The van der Waals surface area contributed by atoms with Gasteiger partial charge in [-0.2, -0.15) is 0 Å². The first kappa shape index (κ1) is 22.0. The summed E-state index contributed by atoms with van der Waals surface area (Å²) in [5.74, 6) is -0.0343. The van der Waals surface area contributed by atoms with E-state index in [2.05, 4.69) is 21.3 Å². The molecule has 0 bridgehead atoms. The molecule has 1 heterocycles. The SMILES string of the molecule is CC(C)CC(=O)Nc1ccc(NC(=O)c2ccc(NC(=O)Nc3ccccc3)s2)cc1. The van der Waals surface area contributed by atoms with Crippen molar-refractivity contribution in [2.75, 3.05) is 21.3 Å². The quantitative estimate of drug-likeness (QED) is 0.386. The van der Waals surface area contributed by atoms with Crippen molar-refractivity contribution >= 4 is 51.2 Å². The standard InChI is InChI=1S/C23H24N4O3S/c1-15(2)14-20(28)24-17-8-10-18(11-9-17)25-22(29)19-12-13-21(31-19)27-23(30)26-16-6-4-3-5-7-16/h3-13,15H,14H2,1-2H3,(H,24,28)(H,25,29)(H2,26,27,30). The van der Waals surface area contributed by atoms with Crippen molar-refractivity contribution in [1.29, 1.82) is 0 Å². The van der Waals surface area contributed by atoms with Crippen LogP contribution in [-0.2, 0) is 4.79 Å². The summed E-state index contributed by atoms with van der Waals surface area (Å²) in [5, 5.41) is 11.6. The average molecular weight is 437 g/mol. The van der Waals surface area contributed by atoms with Crippen LogP contribution in [0.4, 0.5) is 26.9 Å². The van der Waals surface area contributed by atoms with Gasteiger partial charge in [-0.1, -0.05) is 32.0 Å². The van der Waals surface area contributed by atoms with Crippen LogP contribution < -0.4 is 21.3 Å². The zero-order valence-electron chi connectivity index (χ0n) is 17.3. The lowest BCUT2D eigenvalue weighted by molar-refractivity contribution is -0.116. The van der Waals surface area contributed by atoms with E-state index in [9.17, 15) is 14.4 Å². The molecule has 8 heteroatoms. The second-order valence-electron chi connectivity index (χ2n) is 7.29. The fourth-order valence-electron chi connectivity index (χ4n) is 2.74. The minimum Gasteiger partial charge on any atom is -0.326 e. The molecule has 3 aromatic rings. The van der Waals surface area contributed by atoms with E-state index in [0.29, 0.717) is 33.4 Å². The predicted octanol–water partition coefficient (Wildman–Crippen LogP) is 5.63. The van der Waals surface area contributed by atoms with Gasteiger partial charge in [-0.05, 0) is 54.4 Å². The summed E-state index contributed by atoms with van der Waals surface area (Å²) < 4.78 is 0. The van der Waals surface area contributed by atoms with Crippen molar-refractivity contribution in [2.45, 2.75) is 20.3 Å². The number of hydrogen-bond acceptors (Lipinski definition) is 4. The molecule has 0 unspecified atom stereocenters. The first-order valence-electron chi connectivity index (χ1n) is 9.83. The topological polar surface area (TPSA) is 99.3 Å². The van der Waals surface area contributed by atoms with Gasteiger partial charge in [-0.15, -0.1) is 11.3 Å². The average Bonchev–Trinajstić information content (AvgIpc) is 3.18. The van der Waals surface area contributed by atoms with E-state index < -0.39 is 0 Å². The van der Waals surface area contributed by atoms with Crippen LogP contribution in [0.25, 0.3) is 0 Å². The molecular formula is C23H24N4O3S. The largest absolute Gasteiger partial charge is 0.326 e. The number of hydrogen-bond donors (Lipinski definition) is 4. The molecular weight excluding hydrogens is 412 g/mol. The van der Waals surface area contributed by atoms with Gasteiger partial charge in [0.25, 0.3) is 5.91 Å². The number of thiophene rings is 1. The van der Waals surface area contributed by atoms with Gasteiger partial charge in [0.1, 0.15) is 0 Å². The van der Waals surface area contributed by atoms with Crippen LogP contribution >= 0.6 is 11.3 Å². The lowest BCUT2D eigenvalue weighted by Crippen LogP contribution is -2.18. The third-order valence-electron chi connectivity index (χ3n) is 4.12. The molecule has 4 N–H and O–H groups in total. The van der Waals surface area contributed by atoms with Gasteiger partial charge < -0.3 is 16.0 Å². The first-order chi connectivity index (χ1) is 14.9. The highest BCUT2D eigenvalue weighted by atomic mass is 32.1. The van der Waals surface area contributed by atoms with Gasteiger partial charge in [0.2, 0.25) is 5.91 Å². The van der Waals surface area contributed by atoms with Crippen molar-refractivity contribution in [1.82, 2.24) is 0 Å². The van der Waals surface area contributed by atoms with Gasteiger partial charge in [-0.3, -0.25) is 14.9 Å². The summed E-state index contributed by atoms with van der Waals surface area (Å²) in [6, 6.07) is 19.0. The molecule has 0 aliphatic carbocycles. The number of anilines is 4. The molecule has 0 radical (unpaired) electrons. The van der Waals surface area contributed by atoms with Crippen LogP contribution in [0.15, 0.2) is 66.7 Å². The van der Waals surface area contributed by atoms with Gasteiger partial charge in [0.05, 0.1) is 9.88 Å². The fourth-order valence-corrected chi connectivity index (χ4v) is 3.53. The third kappa shape index (κ3) is 6.97. The minimum atomic E-state index is -0.380. The number of para-hydroxylation sites is 1. The number of benzene rings is 2. The number of rotatable bonds is 7. The number of nitrogens with one attached hydrogen (secondary N) is 4. The second kappa shape index (κ2) is 10.4. The molecule has 1 aromatic heterocycles. The smallest absolute Gasteiger partial charge is 0.324 e. The maximum atomic E-state index is 12.5. The Balaban J connectivity index is 1.52. The van der Waals surface area contributed by atoms with Crippen molar-refractivity contribution in [3.63, 3.8) is 0 Å². The molecule has 3 rings (SSSR count). The van der Waals surface area contributed by atoms with E-state index in [4.69, 9.17) is 0 Å². The zero-order chi connectivity index (χ0) is 22.2. The Hall–Kier alpha value is -3.65. The minimum absolute atomic E-state index is 0.0401. The molecule has 31 heavy (non-hydrogen) atoms. The van der Waals surface area contributed by atoms with Gasteiger partial charge >= 0.3 is 6.03 Å². The van der Waals surface area contributed by atoms with E-state index >= 15 is 0 Å². The maximum Gasteiger partial charge on any atom is 0.324 e. The first-order valence-corrected chi connectivity index (χ1v) is 10.6. The summed E-state index contributed by atoms with van der Waals surface area (Å²) in [4.78, 5) is 36.9. The van der Waals surface area contributed by atoms with Crippen LogP contribution in [0, 0.1) is 5.92 Å². The Morgan fingerprint density at radius 3 is 2.00 bits per heavy atom. The van der Waals surface area contributed by atoms with Crippen LogP contribution in [0.5, 0.6) is 0 Å². The van der Waals surface area contributed by atoms with Crippen molar-refractivity contribution in [3.8, 4) is 0 Å². The third-order valence-corrected chi connectivity index (χ3v) is 5.12. The van der Waals surface area contributed by atoms with Crippen LogP contribution in [0.3, 0.4) is 0 Å². The molecule has 2 aromatic carbocycles. The highest BCUT2D eigenvalue weighted by molar-refractivity contribution is 7.18. The van der Waals surface area contributed by atoms with E-state index in [0.717, 1.165) is 0 Å². The van der Waals surface area contributed by atoms with E-state index in [1.807, 2.05) is 32.0 Å². The zero-order valence-corrected chi connectivity index (χ0v) is 18.1. The fraction of sp³-hybridized carbons (Fsp3) is 0.174. The summed E-state index contributed by atoms with van der Waals surface area (Å²) in [6.45, 7) is 3.97. The molecule has 4 amide bonds. The van der Waals surface area contributed by atoms with Crippen LogP contribution in [-0.4, -0.2) is 17.8 Å². The molecule has 7 nitrogen and oxygen atoms in total. The normalized spacial score (nSPS) is 10.4. The van der Waals surface area contributed by atoms with Gasteiger partial charge in [0.15, 0.2) is 0 Å². The Kier molecular flexibility index (Phi) is 7.40. The summed E-state index contributed by atoms with van der Waals surface area (Å²) in [5.41, 5.74) is 1.96. The number of carbonyl (C=O) groups excluding carboxylic acids is 3. The lowest BCUT2D eigenvalue weighted by atomic mass is 10.1. The van der Waals surface area contributed by atoms with Crippen molar-refractivity contribution < 1.29 is 14.4 Å². The number of carbonyl (C=O) groups is 3. The molecule has 0 saturated carbocycles. The van der Waals surface area contributed by atoms with Crippen molar-refractivity contribution in [2.24, 2.45) is 5.92 Å². The molecule has 0 aliphatic rings. The molecule has 160 valence electrons. The monoisotopic (exact) mass is 436 g/mol. The number of amides is 4. The highest BCUT2D eigenvalue weighted by Crippen LogP contribution is 2.24. The highest BCUT2D eigenvalue weighted by Gasteiger charge is 2.12. The van der Waals surface area contributed by atoms with Gasteiger partial charge in [0, 0.05) is 23.5 Å². The van der Waals surface area contributed by atoms with Crippen LogP contribution in [0.2, 0.25) is 0 Å². The summed E-state index contributed by atoms with van der Waals surface area (Å²) in [7, 11) is 0. The molecule has 0 spiro atoms. The Bertz CT molecular complexity index is 1050. The predicted molar refractivity (Wildman–Crippen MR) is 126 cm³/mol. The number of urea groups is 1. The van der Waals surface area contributed by atoms with Crippen LogP contribution in [0.1, 0.15) is 29.9 Å². The van der Waals surface area contributed by atoms with E-state index in [-0.39, 0.29) is 23.8 Å². The molecule has 0 aliphatic heterocycles. The summed E-state index contributed by atoms with van der Waals surface area (Å²) in [6.07, 6.45) is 0.455. The molecule has 0 fully saturated rings. The molecule has 0 saturated heterocycles. The van der Waals surface area contributed by atoms with Gasteiger partial charge in [-0.25, -0.2) is 4.79 Å². The summed E-state index contributed by atoms with van der Waals surface area (Å²) >= 11 is 1.18. The Morgan fingerprint density at radius 1 is 0.742 bits per heavy atom. The Labute approximate surface area is 184 Å². The second-order valence-corrected chi connectivity index (χ2v) is 8.37.